The fourth-order valence-electron chi connectivity index (χ4n) is 2.64. The average molecular weight is 385 g/mol. The summed E-state index contributed by atoms with van der Waals surface area (Å²) < 4.78 is 30.9. The van der Waals surface area contributed by atoms with Crippen LogP contribution in [0.25, 0.3) is 0 Å². The summed E-state index contributed by atoms with van der Waals surface area (Å²) in [4.78, 5) is 37.9. The lowest BCUT2D eigenvalue weighted by atomic mass is 10.3. The Bertz CT molecular complexity index is 694. The van der Waals surface area contributed by atoms with Crippen molar-refractivity contribution in [3.05, 3.63) is 29.8 Å². The Morgan fingerprint density at radius 3 is 2.48 bits per heavy atom. The molecule has 1 aromatic carbocycles. The van der Waals surface area contributed by atoms with Crippen molar-refractivity contribution in [3.8, 4) is 0 Å². The van der Waals surface area contributed by atoms with Crippen LogP contribution in [0.5, 0.6) is 0 Å². The molecule has 1 aliphatic heterocycles. The largest absolute Gasteiger partial charge is 0.450 e. The fourth-order valence-corrected chi connectivity index (χ4v) is 2.64. The van der Waals surface area contributed by atoms with Crippen LogP contribution < -0.4 is 15.5 Å². The third kappa shape index (κ3) is 6.48. The zero-order valence-electron chi connectivity index (χ0n) is 15.0. The van der Waals surface area contributed by atoms with Crippen molar-refractivity contribution in [1.82, 2.24) is 10.2 Å². The number of quaternary nitrogens is 1. The molecule has 1 saturated heterocycles. The van der Waals surface area contributed by atoms with Gasteiger partial charge >= 0.3 is 6.09 Å². The molecule has 148 valence electrons. The van der Waals surface area contributed by atoms with Crippen LogP contribution in [-0.2, 0) is 14.3 Å². The highest BCUT2D eigenvalue weighted by Gasteiger charge is 2.25. The van der Waals surface area contributed by atoms with Gasteiger partial charge in [-0.15, -0.1) is 0 Å². The minimum absolute atomic E-state index is 0.105. The third-order valence-corrected chi connectivity index (χ3v) is 4.06. The van der Waals surface area contributed by atoms with Gasteiger partial charge in [-0.3, -0.25) is 14.5 Å². The summed E-state index contributed by atoms with van der Waals surface area (Å²) in [6.07, 6.45) is -0.352. The zero-order chi connectivity index (χ0) is 19.8. The Balaban J connectivity index is 1.68. The van der Waals surface area contributed by atoms with Gasteiger partial charge in [0.15, 0.2) is 18.2 Å². The van der Waals surface area contributed by atoms with Gasteiger partial charge in [-0.1, -0.05) is 0 Å². The molecule has 1 aromatic rings. The molecule has 1 fully saturated rings. The van der Waals surface area contributed by atoms with Crippen LogP contribution in [0.4, 0.5) is 19.3 Å². The second-order valence-electron chi connectivity index (χ2n) is 6.07. The Morgan fingerprint density at radius 2 is 1.85 bits per heavy atom. The van der Waals surface area contributed by atoms with Gasteiger partial charge in [0.25, 0.3) is 5.91 Å². The summed E-state index contributed by atoms with van der Waals surface area (Å²) in [5.41, 5.74) is 0.105. The zero-order valence-corrected chi connectivity index (χ0v) is 15.0. The van der Waals surface area contributed by atoms with Gasteiger partial charge in [-0.05, 0) is 19.1 Å². The quantitative estimate of drug-likeness (QED) is 0.609. The highest BCUT2D eigenvalue weighted by atomic mass is 19.2. The number of carbonyl (C=O) groups excluding carboxylic acids is 3. The molecule has 3 N–H and O–H groups in total. The maximum atomic E-state index is 13.1. The smallest absolute Gasteiger partial charge is 0.410 e. The van der Waals surface area contributed by atoms with Gasteiger partial charge in [0.1, 0.15) is 0 Å². The van der Waals surface area contributed by atoms with Crippen molar-refractivity contribution in [3.63, 3.8) is 0 Å². The second-order valence-corrected chi connectivity index (χ2v) is 6.07. The van der Waals surface area contributed by atoms with Crippen LogP contribution in [0, 0.1) is 11.6 Å². The number of hydrogen-bond acceptors (Lipinski definition) is 4. The monoisotopic (exact) mass is 385 g/mol. The molecule has 0 saturated carbocycles. The fraction of sp³-hybridized carbons (Fsp3) is 0.471. The molecule has 0 spiro atoms. The Labute approximate surface area is 155 Å². The SMILES string of the molecule is CCOC(=O)N1CC[NH+](CC(=O)NCC(=O)Nc2ccc(F)c(F)c2)CC1. The summed E-state index contributed by atoms with van der Waals surface area (Å²) in [6.45, 7) is 4.17. The van der Waals surface area contributed by atoms with E-state index in [1.807, 2.05) is 0 Å². The van der Waals surface area contributed by atoms with Crippen molar-refractivity contribution in [2.75, 3.05) is 51.2 Å². The average Bonchev–Trinajstić information content (AvgIpc) is 2.64. The number of hydrogen-bond donors (Lipinski definition) is 3. The van der Waals surface area contributed by atoms with Crippen LogP contribution in [-0.4, -0.2) is 68.7 Å². The number of piperazine rings is 1. The molecule has 1 aliphatic rings. The van der Waals surface area contributed by atoms with E-state index in [4.69, 9.17) is 4.74 Å². The predicted octanol–water partition coefficient (Wildman–Crippen LogP) is -0.623. The molecule has 0 aromatic heterocycles. The van der Waals surface area contributed by atoms with Gasteiger partial charge in [-0.25, -0.2) is 13.6 Å². The lowest BCUT2D eigenvalue weighted by Gasteiger charge is -2.31. The van der Waals surface area contributed by atoms with Crippen LogP contribution in [0.1, 0.15) is 6.92 Å². The first-order chi connectivity index (χ1) is 12.9. The number of carbonyl (C=O) groups is 3. The molecule has 3 amide bonds. The van der Waals surface area contributed by atoms with E-state index in [1.165, 1.54) is 6.07 Å². The molecule has 0 bridgehead atoms. The standard InChI is InChI=1S/C17H22F2N4O4/c1-2-27-17(26)23-7-5-22(6-8-23)11-16(25)20-10-15(24)21-12-3-4-13(18)14(19)9-12/h3-4,9H,2,5-8,10-11H2,1H3,(H,20,25)(H,21,24)/p+1. The first-order valence-corrected chi connectivity index (χ1v) is 8.66. The Kier molecular flexibility index (Phi) is 7.47. The van der Waals surface area contributed by atoms with E-state index in [9.17, 15) is 23.2 Å². The molecule has 1 heterocycles. The second kappa shape index (κ2) is 9.81. The van der Waals surface area contributed by atoms with E-state index in [2.05, 4.69) is 10.6 Å². The Morgan fingerprint density at radius 1 is 1.15 bits per heavy atom. The predicted molar refractivity (Wildman–Crippen MR) is 92.2 cm³/mol. The molecular weight excluding hydrogens is 362 g/mol. The van der Waals surface area contributed by atoms with Crippen molar-refractivity contribution >= 4 is 23.6 Å². The highest BCUT2D eigenvalue weighted by Crippen LogP contribution is 2.12. The summed E-state index contributed by atoms with van der Waals surface area (Å²) in [7, 11) is 0. The number of halogens is 2. The van der Waals surface area contributed by atoms with Crippen LogP contribution in [0.2, 0.25) is 0 Å². The molecule has 0 unspecified atom stereocenters. The number of rotatable bonds is 6. The number of ether oxygens (including phenoxy) is 1. The summed E-state index contributed by atoms with van der Waals surface area (Å²) >= 11 is 0. The van der Waals surface area contributed by atoms with E-state index in [-0.39, 0.29) is 30.8 Å². The minimum atomic E-state index is -1.07. The minimum Gasteiger partial charge on any atom is -0.450 e. The van der Waals surface area contributed by atoms with Gasteiger partial charge in [0, 0.05) is 11.8 Å². The van der Waals surface area contributed by atoms with Crippen LogP contribution in [0.3, 0.4) is 0 Å². The van der Waals surface area contributed by atoms with Crippen molar-refractivity contribution in [2.45, 2.75) is 6.92 Å². The van der Waals surface area contributed by atoms with E-state index >= 15 is 0 Å². The maximum Gasteiger partial charge on any atom is 0.410 e. The van der Waals surface area contributed by atoms with Crippen LogP contribution in [0.15, 0.2) is 18.2 Å². The van der Waals surface area contributed by atoms with Crippen LogP contribution >= 0.6 is 0 Å². The van der Waals surface area contributed by atoms with Crippen molar-refractivity contribution in [1.29, 1.82) is 0 Å². The number of nitrogens with one attached hydrogen (secondary N) is 3. The van der Waals surface area contributed by atoms with Crippen molar-refractivity contribution < 1.29 is 32.8 Å². The molecule has 8 nitrogen and oxygen atoms in total. The molecule has 2 rings (SSSR count). The van der Waals surface area contributed by atoms with Gasteiger partial charge in [0.2, 0.25) is 5.91 Å². The number of amides is 3. The van der Waals surface area contributed by atoms with Gasteiger partial charge in [0.05, 0.1) is 39.3 Å². The lowest BCUT2D eigenvalue weighted by molar-refractivity contribution is -0.896. The number of nitrogens with zero attached hydrogens (tertiary/aromatic N) is 1. The normalized spacial score (nSPS) is 14.6. The van der Waals surface area contributed by atoms with Gasteiger partial charge in [-0.2, -0.15) is 0 Å². The topological polar surface area (TPSA) is 92.2 Å². The highest BCUT2D eigenvalue weighted by molar-refractivity contribution is 5.94. The van der Waals surface area contributed by atoms with Crippen molar-refractivity contribution in [2.24, 2.45) is 0 Å². The first-order valence-electron chi connectivity index (χ1n) is 8.66. The summed E-state index contributed by atoms with van der Waals surface area (Å²) in [5, 5.41) is 4.86. The van der Waals surface area contributed by atoms with E-state index < -0.39 is 17.5 Å². The molecular formula is C17H23F2N4O4+. The molecule has 10 heteroatoms. The number of benzene rings is 1. The molecule has 0 radical (unpaired) electrons. The maximum absolute atomic E-state index is 13.1. The van der Waals surface area contributed by atoms with E-state index in [1.54, 1.807) is 11.8 Å². The molecule has 0 aliphatic carbocycles. The van der Waals surface area contributed by atoms with E-state index in [0.29, 0.717) is 32.8 Å². The molecule has 0 atom stereocenters. The first kappa shape index (κ1) is 20.6. The number of anilines is 1. The van der Waals surface area contributed by atoms with Gasteiger partial charge < -0.3 is 20.3 Å². The molecule has 27 heavy (non-hydrogen) atoms. The summed E-state index contributed by atoms with van der Waals surface area (Å²) in [5.74, 6) is -2.93. The summed E-state index contributed by atoms with van der Waals surface area (Å²) in [6, 6.07) is 3.00. The Hall–Kier alpha value is -2.75. The lowest BCUT2D eigenvalue weighted by Crippen LogP contribution is -3.15. The third-order valence-electron chi connectivity index (χ3n) is 4.06. The van der Waals surface area contributed by atoms with E-state index in [0.717, 1.165) is 17.0 Å².